The van der Waals surface area contributed by atoms with Crippen molar-refractivity contribution in [2.75, 3.05) is 6.54 Å². The third-order valence-corrected chi connectivity index (χ3v) is 5.69. The SMILES string of the molecule is Cc1ccc(=O)n(CC(=O)N2CCC[C@@H]2c2ncc(C(=O)NCc3ccccc3)c(C)n2)n1. The maximum Gasteiger partial charge on any atom is 0.267 e. The maximum atomic E-state index is 12.9. The second kappa shape index (κ2) is 9.72. The molecule has 1 atom stereocenters. The monoisotopic (exact) mass is 446 g/mol. The van der Waals surface area contributed by atoms with Crippen LogP contribution in [-0.4, -0.2) is 43.0 Å². The topological polar surface area (TPSA) is 110 Å². The highest BCUT2D eigenvalue weighted by Crippen LogP contribution is 2.30. The van der Waals surface area contributed by atoms with Crippen molar-refractivity contribution in [2.45, 2.75) is 45.8 Å². The zero-order valence-corrected chi connectivity index (χ0v) is 18.7. The van der Waals surface area contributed by atoms with Crippen molar-refractivity contribution in [3.05, 3.63) is 87.4 Å². The van der Waals surface area contributed by atoms with Crippen molar-refractivity contribution in [2.24, 2.45) is 0 Å². The first-order valence-electron chi connectivity index (χ1n) is 10.9. The van der Waals surface area contributed by atoms with Crippen LogP contribution >= 0.6 is 0 Å². The van der Waals surface area contributed by atoms with E-state index in [0.29, 0.717) is 35.9 Å². The third-order valence-electron chi connectivity index (χ3n) is 5.69. The Morgan fingerprint density at radius 2 is 1.91 bits per heavy atom. The summed E-state index contributed by atoms with van der Waals surface area (Å²) in [7, 11) is 0. The quantitative estimate of drug-likeness (QED) is 0.620. The van der Waals surface area contributed by atoms with E-state index in [1.54, 1.807) is 24.8 Å². The molecule has 0 aliphatic carbocycles. The first kappa shape index (κ1) is 22.3. The van der Waals surface area contributed by atoms with Gasteiger partial charge in [0.1, 0.15) is 6.54 Å². The van der Waals surface area contributed by atoms with Crippen molar-refractivity contribution < 1.29 is 9.59 Å². The molecule has 1 aliphatic rings. The molecule has 1 saturated heterocycles. The van der Waals surface area contributed by atoms with E-state index in [1.807, 2.05) is 30.3 Å². The molecule has 3 heterocycles. The lowest BCUT2D eigenvalue weighted by atomic mass is 10.1. The standard InChI is InChI=1S/C24H26N6O3/c1-16-10-11-21(31)30(28-16)15-22(32)29-12-6-9-20(29)23-25-14-19(17(2)27-23)24(33)26-13-18-7-4-3-5-8-18/h3-5,7-8,10-11,14,20H,6,9,12-13,15H2,1-2H3,(H,26,33)/t20-/m1/s1. The summed E-state index contributed by atoms with van der Waals surface area (Å²) in [5.41, 5.74) is 2.31. The molecule has 1 fully saturated rings. The number of hydrogen-bond donors (Lipinski definition) is 1. The van der Waals surface area contributed by atoms with E-state index in [4.69, 9.17) is 0 Å². The molecule has 4 rings (SSSR count). The number of aryl methyl sites for hydroxylation is 2. The number of nitrogens with zero attached hydrogens (tertiary/aromatic N) is 5. The fourth-order valence-corrected chi connectivity index (χ4v) is 3.96. The van der Waals surface area contributed by atoms with Crippen LogP contribution in [0.1, 0.15) is 52.0 Å². The van der Waals surface area contributed by atoms with Crippen LogP contribution in [0, 0.1) is 13.8 Å². The van der Waals surface area contributed by atoms with E-state index < -0.39 is 0 Å². The predicted octanol–water partition coefficient (Wildman–Crippen LogP) is 1.94. The highest BCUT2D eigenvalue weighted by atomic mass is 16.2. The average molecular weight is 447 g/mol. The van der Waals surface area contributed by atoms with E-state index >= 15 is 0 Å². The minimum absolute atomic E-state index is 0.129. The molecule has 33 heavy (non-hydrogen) atoms. The molecule has 0 radical (unpaired) electrons. The van der Waals surface area contributed by atoms with Crippen LogP contribution in [0.2, 0.25) is 0 Å². The normalized spacial score (nSPS) is 15.5. The second-order valence-electron chi connectivity index (χ2n) is 8.11. The molecule has 170 valence electrons. The van der Waals surface area contributed by atoms with Crippen LogP contribution < -0.4 is 10.9 Å². The highest BCUT2D eigenvalue weighted by Gasteiger charge is 2.32. The number of rotatable bonds is 6. The van der Waals surface area contributed by atoms with Crippen molar-refractivity contribution in [1.29, 1.82) is 0 Å². The molecule has 0 unspecified atom stereocenters. The fraction of sp³-hybridized carbons (Fsp3) is 0.333. The van der Waals surface area contributed by atoms with Crippen molar-refractivity contribution >= 4 is 11.8 Å². The van der Waals surface area contributed by atoms with Gasteiger partial charge in [0, 0.05) is 25.4 Å². The molecular formula is C24H26N6O3. The smallest absolute Gasteiger partial charge is 0.267 e. The lowest BCUT2D eigenvalue weighted by molar-refractivity contribution is -0.133. The summed E-state index contributed by atoms with van der Waals surface area (Å²) in [5, 5.41) is 7.03. The molecule has 0 bridgehead atoms. The molecule has 1 N–H and O–H groups in total. The van der Waals surface area contributed by atoms with Crippen LogP contribution in [0.5, 0.6) is 0 Å². The van der Waals surface area contributed by atoms with Gasteiger partial charge in [-0.1, -0.05) is 30.3 Å². The summed E-state index contributed by atoms with van der Waals surface area (Å²) in [6, 6.07) is 12.4. The van der Waals surface area contributed by atoms with Gasteiger partial charge in [-0.2, -0.15) is 5.10 Å². The van der Waals surface area contributed by atoms with Gasteiger partial charge in [0.25, 0.3) is 11.5 Å². The van der Waals surface area contributed by atoms with Crippen molar-refractivity contribution in [3.8, 4) is 0 Å². The predicted molar refractivity (Wildman–Crippen MR) is 121 cm³/mol. The van der Waals surface area contributed by atoms with E-state index in [1.165, 1.54) is 16.9 Å². The molecule has 3 aromatic rings. The first-order valence-corrected chi connectivity index (χ1v) is 10.9. The number of benzene rings is 1. The molecule has 1 aromatic carbocycles. The van der Waals surface area contributed by atoms with Gasteiger partial charge < -0.3 is 10.2 Å². The highest BCUT2D eigenvalue weighted by molar-refractivity contribution is 5.94. The van der Waals surface area contributed by atoms with Gasteiger partial charge in [-0.15, -0.1) is 0 Å². The van der Waals surface area contributed by atoms with Crippen LogP contribution in [0.4, 0.5) is 0 Å². The van der Waals surface area contributed by atoms with Gasteiger partial charge in [0.05, 0.1) is 23.0 Å². The molecule has 2 amide bonds. The number of nitrogens with one attached hydrogen (secondary N) is 1. The van der Waals surface area contributed by atoms with Gasteiger partial charge in [0.2, 0.25) is 5.91 Å². The fourth-order valence-electron chi connectivity index (χ4n) is 3.96. The van der Waals surface area contributed by atoms with Crippen molar-refractivity contribution in [3.63, 3.8) is 0 Å². The van der Waals surface area contributed by atoms with Gasteiger partial charge in [0.15, 0.2) is 5.82 Å². The second-order valence-corrected chi connectivity index (χ2v) is 8.11. The van der Waals surface area contributed by atoms with E-state index in [0.717, 1.165) is 18.4 Å². The lowest BCUT2D eigenvalue weighted by Crippen LogP contribution is -2.37. The van der Waals surface area contributed by atoms with E-state index in [9.17, 15) is 14.4 Å². The number of likely N-dealkylation sites (tertiary alicyclic amines) is 1. The minimum Gasteiger partial charge on any atom is -0.348 e. The third kappa shape index (κ3) is 5.14. The Labute approximate surface area is 191 Å². The average Bonchev–Trinajstić information content (AvgIpc) is 3.31. The first-order chi connectivity index (χ1) is 15.9. The van der Waals surface area contributed by atoms with Crippen LogP contribution in [0.3, 0.4) is 0 Å². The van der Waals surface area contributed by atoms with Gasteiger partial charge in [-0.25, -0.2) is 14.6 Å². The molecular weight excluding hydrogens is 420 g/mol. The van der Waals surface area contributed by atoms with Crippen LogP contribution in [0.25, 0.3) is 0 Å². The summed E-state index contributed by atoms with van der Waals surface area (Å²) >= 11 is 0. The molecule has 2 aromatic heterocycles. The number of aromatic nitrogens is 4. The summed E-state index contributed by atoms with van der Waals surface area (Å²) < 4.78 is 1.18. The Morgan fingerprint density at radius 1 is 1.12 bits per heavy atom. The summed E-state index contributed by atoms with van der Waals surface area (Å²) in [4.78, 5) is 48.3. The molecule has 0 spiro atoms. The summed E-state index contributed by atoms with van der Waals surface area (Å²) in [5.74, 6) is 0.0540. The van der Waals surface area contributed by atoms with E-state index in [2.05, 4.69) is 20.4 Å². The van der Waals surface area contributed by atoms with E-state index in [-0.39, 0.29) is 30.0 Å². The number of carbonyl (C=O) groups is 2. The lowest BCUT2D eigenvalue weighted by Gasteiger charge is -2.24. The van der Waals surface area contributed by atoms with Gasteiger partial charge in [-0.3, -0.25) is 14.4 Å². The molecule has 0 saturated carbocycles. The Kier molecular flexibility index (Phi) is 6.58. The Balaban J connectivity index is 1.46. The van der Waals surface area contributed by atoms with Crippen LogP contribution in [0.15, 0.2) is 53.5 Å². The minimum atomic E-state index is -0.317. The number of hydrogen-bond acceptors (Lipinski definition) is 6. The summed E-state index contributed by atoms with van der Waals surface area (Å²) in [6.45, 7) is 4.38. The number of carbonyl (C=O) groups excluding carboxylic acids is 2. The molecule has 9 heteroatoms. The Morgan fingerprint density at radius 3 is 2.67 bits per heavy atom. The zero-order chi connectivity index (χ0) is 23.4. The largest absolute Gasteiger partial charge is 0.348 e. The van der Waals surface area contributed by atoms with Crippen molar-refractivity contribution in [1.82, 2.24) is 30.0 Å². The zero-order valence-electron chi connectivity index (χ0n) is 18.7. The summed E-state index contributed by atoms with van der Waals surface area (Å²) in [6.07, 6.45) is 3.06. The Hall–Kier alpha value is -3.88. The van der Waals surface area contributed by atoms with Gasteiger partial charge >= 0.3 is 0 Å². The molecule has 9 nitrogen and oxygen atoms in total. The molecule has 1 aliphatic heterocycles. The van der Waals surface area contributed by atoms with Gasteiger partial charge in [-0.05, 0) is 38.3 Å². The Bertz CT molecular complexity index is 1220. The number of amides is 2. The van der Waals surface area contributed by atoms with Crippen LogP contribution in [-0.2, 0) is 17.9 Å². The maximum absolute atomic E-state index is 12.9.